The van der Waals surface area contributed by atoms with Gasteiger partial charge in [0.15, 0.2) is 0 Å². The summed E-state index contributed by atoms with van der Waals surface area (Å²) in [7, 11) is -21.0. The zero-order valence-corrected chi connectivity index (χ0v) is 78.5. The Labute approximate surface area is 767 Å². The van der Waals surface area contributed by atoms with Crippen molar-refractivity contribution in [1.82, 2.24) is 0 Å². The van der Waals surface area contributed by atoms with E-state index >= 15 is 0 Å². The van der Waals surface area contributed by atoms with Crippen LogP contribution in [0.3, 0.4) is 0 Å². The first-order valence-electron chi connectivity index (χ1n) is 35.4. The molecular weight excluding hydrogens is 2420 g/mol. The Hall–Kier alpha value is -4.18. The second kappa shape index (κ2) is 46.7. The van der Waals surface area contributed by atoms with Crippen LogP contribution in [0.15, 0.2) is 84.9 Å². The van der Waals surface area contributed by atoms with Crippen LogP contribution in [0.25, 0.3) is 0 Å². The van der Waals surface area contributed by atoms with E-state index in [1.54, 1.807) is 12.1 Å². The highest BCUT2D eigenvalue weighted by atomic mass is 127. The lowest BCUT2D eigenvalue weighted by Crippen LogP contribution is -2.59. The molecule has 0 heterocycles. The molecule has 0 aromatic heterocycles. The van der Waals surface area contributed by atoms with Crippen molar-refractivity contribution in [3.8, 4) is 0 Å². The largest absolute Gasteiger partial charge is 0.748 e. The molecule has 0 aliphatic heterocycles. The predicted octanol–water partition coefficient (Wildman–Crippen LogP) is 13.4. The van der Waals surface area contributed by atoms with E-state index in [0.717, 1.165) is 50.1 Å². The van der Waals surface area contributed by atoms with Crippen LogP contribution in [-0.2, 0) is 143 Å². The number of ether oxygens (including phenoxy) is 8. The number of benzene rings is 4. The highest BCUT2D eigenvalue weighted by Gasteiger charge is 2.65. The summed E-state index contributed by atoms with van der Waals surface area (Å²) in [6.45, 7) is 0.256. The highest BCUT2D eigenvalue weighted by molar-refractivity contribution is 14.1. The van der Waals surface area contributed by atoms with Gasteiger partial charge >= 0.3 is 72.5 Å². The van der Waals surface area contributed by atoms with Crippen molar-refractivity contribution in [1.29, 1.82) is 0 Å². The van der Waals surface area contributed by atoms with Crippen molar-refractivity contribution >= 4 is 224 Å². The molecule has 0 radical (unpaired) electrons. The number of carbonyl (C=O) groups excluding carboxylic acids is 8. The molecule has 9 rings (SSSR count). The summed E-state index contributed by atoms with van der Waals surface area (Å²) in [5.74, 6) is -16.4. The van der Waals surface area contributed by atoms with Crippen molar-refractivity contribution < 1.29 is 181 Å². The number of hydrogen-bond acceptors (Lipinski definition) is 28. The van der Waals surface area contributed by atoms with Gasteiger partial charge in [-0.05, 0) is 278 Å². The summed E-state index contributed by atoms with van der Waals surface area (Å²) in [5.41, 5.74) is 1.03. The van der Waals surface area contributed by atoms with E-state index in [1.165, 1.54) is 0 Å². The Bertz CT molecular complexity index is 4720. The monoisotopic (exact) mass is 2490 g/mol. The first-order chi connectivity index (χ1) is 55.6. The molecule has 5 aliphatic rings. The SMILES string of the molecule is O=C(CCCC(=O)OC(CS(=O)(=O)[O-])C(F)(F)F)OCCc1ccc(I)cc1.O=C(CCCC(=O)OC(CS(=O)(=O)[O-])C(F)(F)F)OCc1ccccc1I.O=C(OCc1cc(I)cc(I)c1I)C12CC3CC(C1)CC(C(=O)OC(CS(=O)(=O)[O-])C(F)(F)F)(C3)C2.O=C(OCc1ccc(I)cc1)C1CCC(C(=O)OC(CS(=O)(=O)[O-])C(F)(F)F)CC1. The van der Waals surface area contributed by atoms with E-state index in [4.69, 9.17) is 18.9 Å². The minimum Gasteiger partial charge on any atom is -0.748 e. The van der Waals surface area contributed by atoms with E-state index in [2.05, 4.69) is 154 Å². The van der Waals surface area contributed by atoms with Crippen LogP contribution in [-0.4, -0.2) is 178 Å². The fraction of sp³-hybridized carbons (Fsp3) is 0.549. The molecular formula is C71H72F12I6O28S4-4. The maximum atomic E-state index is 13.4. The molecule has 4 aromatic rings. The van der Waals surface area contributed by atoms with E-state index in [9.17, 15) is 143 Å². The van der Waals surface area contributed by atoms with Crippen LogP contribution < -0.4 is 0 Å². The molecule has 28 nitrogen and oxygen atoms in total. The smallest absolute Gasteiger partial charge is 0.426 e. The Balaban J connectivity index is 0.000000289. The third kappa shape index (κ3) is 39.1. The van der Waals surface area contributed by atoms with Gasteiger partial charge < -0.3 is 56.1 Å². The molecule has 50 heteroatoms. The van der Waals surface area contributed by atoms with Crippen molar-refractivity contribution in [2.45, 2.75) is 178 Å². The second-order valence-electron chi connectivity index (χ2n) is 28.1. The lowest BCUT2D eigenvalue weighted by atomic mass is 9.44. The van der Waals surface area contributed by atoms with E-state index < -0.39 is 196 Å². The van der Waals surface area contributed by atoms with E-state index in [-0.39, 0.29) is 109 Å². The normalized spacial score (nSPS) is 20.1. The minimum absolute atomic E-state index is 0.0136. The second-order valence-corrected chi connectivity index (χ2v) is 41.1. The summed E-state index contributed by atoms with van der Waals surface area (Å²) < 4.78 is 326. The number of carbonyl (C=O) groups is 8. The topological polar surface area (TPSA) is 439 Å². The van der Waals surface area contributed by atoms with Crippen LogP contribution >= 0.6 is 136 Å². The molecule has 678 valence electrons. The van der Waals surface area contributed by atoms with Gasteiger partial charge in [-0.15, -0.1) is 0 Å². The highest BCUT2D eigenvalue weighted by Crippen LogP contribution is 2.66. The molecule has 5 aliphatic carbocycles. The van der Waals surface area contributed by atoms with Gasteiger partial charge in [-0.25, -0.2) is 33.7 Å². The van der Waals surface area contributed by atoms with Crippen molar-refractivity contribution in [3.63, 3.8) is 0 Å². The fourth-order valence-electron chi connectivity index (χ4n) is 13.2. The van der Waals surface area contributed by atoms with E-state index in [0.29, 0.717) is 19.3 Å². The molecule has 5 saturated carbocycles. The van der Waals surface area contributed by atoms with Crippen molar-refractivity contribution in [2.75, 3.05) is 29.6 Å². The van der Waals surface area contributed by atoms with Gasteiger partial charge in [0.1, 0.15) is 19.8 Å². The predicted molar refractivity (Wildman–Crippen MR) is 441 cm³/mol. The molecule has 4 bridgehead atoms. The Morgan fingerprint density at radius 2 is 0.785 bits per heavy atom. The molecule has 4 aromatic carbocycles. The lowest BCUT2D eigenvalue weighted by Gasteiger charge is -2.59. The van der Waals surface area contributed by atoms with Gasteiger partial charge in [0.05, 0.1) is 92.8 Å². The van der Waals surface area contributed by atoms with Gasteiger partial charge in [-0.1, -0.05) is 42.5 Å². The van der Waals surface area contributed by atoms with Crippen LogP contribution in [0.1, 0.15) is 125 Å². The maximum absolute atomic E-state index is 13.4. The molecule has 6 unspecified atom stereocenters. The number of hydrogen-bond donors (Lipinski definition) is 0. The van der Waals surface area contributed by atoms with Crippen LogP contribution in [0.5, 0.6) is 0 Å². The standard InChI is InChI=1S/C22H22F3I3O7S.C18H20F3IO7S.C16H18F3IO7S.C15H16F3IO7S/c23-22(24,25)16(9-36(31,32)33)35-19(30)21-6-11-1-12(7-21)5-20(4-11,10-21)18(29)34-8-13-2-14(26)3-15(27)17(13)28;19-18(20,21)15(10-30(25,26)27)29-17(24)13-5-3-12(4-6-13)16(23)28-9-11-1-7-14(22)8-2-11;17-16(18,19)13(10-28(23,24)25)27-15(22)3-1-2-14(21)26-9-8-11-4-6-12(20)7-5-11;16-15(17,18)12(9-27(22,23)24)26-14(21)7-3-6-13(20)25-8-10-4-1-2-5-11(10)19/h2-3,11-12,16H,1,4-10H2,(H,31,32,33);1-2,7-8,12-13,15H,3-6,9-10H2,(H,25,26,27);4-7,13H,1-3,8-10H2,(H,23,24,25);1-2,4-5,12H,3,6-9H2,(H,22,23,24)/p-4. The summed E-state index contributed by atoms with van der Waals surface area (Å²) in [6, 6.07) is 26.0. The van der Waals surface area contributed by atoms with Gasteiger partial charge in [-0.2, -0.15) is 52.7 Å². The Morgan fingerprint density at radius 3 is 1.21 bits per heavy atom. The summed E-state index contributed by atoms with van der Waals surface area (Å²) in [4.78, 5) is 96.7. The van der Waals surface area contributed by atoms with Crippen molar-refractivity contribution in [2.24, 2.45) is 34.5 Å². The number of esters is 8. The molecule has 0 N–H and O–H groups in total. The van der Waals surface area contributed by atoms with Crippen LogP contribution in [0.2, 0.25) is 0 Å². The zero-order valence-electron chi connectivity index (χ0n) is 62.2. The average Bonchev–Trinajstić information content (AvgIpc) is 0.709. The Kier molecular flexibility index (Phi) is 41.4. The summed E-state index contributed by atoms with van der Waals surface area (Å²) in [6.07, 6.45) is -31.4. The molecule has 0 spiro atoms. The maximum Gasteiger partial charge on any atom is 0.426 e. The number of rotatable bonds is 33. The molecule has 5 fully saturated rings. The quantitative estimate of drug-likeness (QED) is 0.0107. The first-order valence-corrected chi connectivity index (χ1v) is 48.2. The minimum atomic E-state index is -5.30. The fourth-order valence-corrected chi connectivity index (χ4v) is 19.4. The summed E-state index contributed by atoms with van der Waals surface area (Å²) in [5, 5.41) is 0. The summed E-state index contributed by atoms with van der Waals surface area (Å²) >= 11 is 12.9. The third-order valence-electron chi connectivity index (χ3n) is 18.4. The van der Waals surface area contributed by atoms with Gasteiger partial charge in [0.25, 0.3) is 0 Å². The van der Waals surface area contributed by atoms with Crippen LogP contribution in [0.4, 0.5) is 52.7 Å². The average molecular weight is 2490 g/mol. The Morgan fingerprint density at radius 1 is 0.405 bits per heavy atom. The first kappa shape index (κ1) is 107. The van der Waals surface area contributed by atoms with Gasteiger partial charge in [0, 0.05) is 64.7 Å². The zero-order chi connectivity index (χ0) is 91.2. The number of halogens is 18. The van der Waals surface area contributed by atoms with Gasteiger partial charge in [-0.3, -0.25) is 38.4 Å². The number of alkyl halides is 12. The lowest BCUT2D eigenvalue weighted by molar-refractivity contribution is -0.231. The van der Waals surface area contributed by atoms with Gasteiger partial charge in [0.2, 0.25) is 24.4 Å². The molecule has 0 amide bonds. The third-order valence-corrected chi connectivity index (χ3v) is 27.5. The van der Waals surface area contributed by atoms with Crippen molar-refractivity contribution in [3.05, 3.63) is 129 Å². The molecule has 0 saturated heterocycles. The van der Waals surface area contributed by atoms with E-state index in [1.807, 2.05) is 72.8 Å². The van der Waals surface area contributed by atoms with Crippen LogP contribution in [0, 0.1) is 55.9 Å². The molecule has 6 atom stereocenters. The molecule has 121 heavy (non-hydrogen) atoms.